The number of nitrogens with zero attached hydrogens (tertiary/aromatic N) is 6. The number of ether oxygens (including phenoxy) is 2. The van der Waals surface area contributed by atoms with Crippen LogP contribution in [0.4, 0.5) is 17.1 Å². The summed E-state index contributed by atoms with van der Waals surface area (Å²) in [5.74, 6) is 0.156. The molecule has 0 spiro atoms. The van der Waals surface area contributed by atoms with E-state index in [4.69, 9.17) is 21.1 Å². The molecule has 0 saturated carbocycles. The largest absolute Gasteiger partial charge is 0.505 e. The van der Waals surface area contributed by atoms with Gasteiger partial charge in [0.05, 0.1) is 29.9 Å². The molecule has 14 nitrogen and oxygen atoms in total. The number of aromatic nitrogens is 2. The first-order valence-corrected chi connectivity index (χ1v) is 23.6. The second kappa shape index (κ2) is 19.7. The molecule has 0 radical (unpaired) electrons. The molecule has 2 aliphatic heterocycles. The van der Waals surface area contributed by atoms with Crippen LogP contribution in [0, 0.1) is 15.5 Å². The number of halogens is 1. The van der Waals surface area contributed by atoms with Crippen molar-refractivity contribution < 1.29 is 24.3 Å². The normalized spacial score (nSPS) is 17.7. The van der Waals surface area contributed by atoms with Gasteiger partial charge in [-0.3, -0.25) is 29.4 Å². The van der Waals surface area contributed by atoms with E-state index in [1.54, 1.807) is 36.5 Å². The third kappa shape index (κ3) is 10.6. The van der Waals surface area contributed by atoms with Crippen LogP contribution >= 0.6 is 22.3 Å². The van der Waals surface area contributed by atoms with Gasteiger partial charge in [0.2, 0.25) is 0 Å². The Bertz CT molecular complexity index is 2570. The maximum Gasteiger partial charge on any atom is 0.297 e. The molecule has 0 bridgehead atoms. The third-order valence-corrected chi connectivity index (χ3v) is 14.4. The lowest BCUT2D eigenvalue weighted by Gasteiger charge is -2.39. The Morgan fingerprint density at radius 2 is 1.83 bits per heavy atom. The number of nitro groups is 1. The number of aromatic hydroxyl groups is 1. The number of anilines is 2. The molecule has 2 saturated heterocycles. The Kier molecular flexibility index (Phi) is 13.9. The van der Waals surface area contributed by atoms with Crippen molar-refractivity contribution in [1.29, 1.82) is 0 Å². The molecule has 1 aliphatic carbocycles. The summed E-state index contributed by atoms with van der Waals surface area (Å²) in [4.78, 5) is 43.1. The number of hydrogen-bond acceptors (Lipinski definition) is 11. The number of rotatable bonds is 14. The Balaban J connectivity index is 1.01. The fraction of sp³-hybridized carbons (Fsp3) is 0.396. The summed E-state index contributed by atoms with van der Waals surface area (Å²) in [7, 11) is 0.610. The van der Waals surface area contributed by atoms with Crippen molar-refractivity contribution >= 4 is 67.2 Å². The zero-order valence-corrected chi connectivity index (χ0v) is 38.5. The first-order chi connectivity index (χ1) is 30.8. The molecule has 338 valence electrons. The Morgan fingerprint density at radius 1 is 1.06 bits per heavy atom. The number of nitrogens with one attached hydrogen (secondary N) is 2. The second-order valence-electron chi connectivity index (χ2n) is 17.5. The summed E-state index contributed by atoms with van der Waals surface area (Å²) >= 11 is 6.27. The van der Waals surface area contributed by atoms with Gasteiger partial charge >= 0.3 is 0 Å². The Hall–Kier alpha value is -5.45. The molecule has 4 heterocycles. The van der Waals surface area contributed by atoms with Crippen LogP contribution in [-0.2, 0) is 4.74 Å². The van der Waals surface area contributed by atoms with Crippen molar-refractivity contribution in [3.63, 3.8) is 0 Å². The van der Waals surface area contributed by atoms with Crippen molar-refractivity contribution in [3.8, 4) is 17.2 Å². The van der Waals surface area contributed by atoms with Gasteiger partial charge in [0.25, 0.3) is 11.6 Å². The molecular weight excluding hydrogens is 852 g/mol. The SMILES string of the molecule is C/C=S(/NC(=O)c1ccc(N2CCN(CC3=C(c4ccc(Cl)cc4)CC(C)(C)CC3)CC2)cc1Oc1cnc2[nH]ccc2c1)c1cc(O)c(N(C)CCN2CCOCC2)c([N+](=O)[O-])c1. The van der Waals surface area contributed by atoms with Crippen LogP contribution in [0.1, 0.15) is 56.0 Å². The van der Waals surface area contributed by atoms with Gasteiger partial charge in [-0.2, -0.15) is 0 Å². The quantitative estimate of drug-likeness (QED) is 0.0556. The number of phenols is 1. The minimum atomic E-state index is -1.12. The van der Waals surface area contributed by atoms with E-state index in [2.05, 4.69) is 55.4 Å². The number of hydrogen-bond donors (Lipinski definition) is 3. The highest BCUT2D eigenvalue weighted by Crippen LogP contribution is 2.44. The molecule has 5 aromatic rings. The molecule has 1 amide bonds. The number of likely N-dealkylation sites (N-methyl/N-ethyl adjacent to an activating group) is 1. The van der Waals surface area contributed by atoms with Gasteiger partial charge in [-0.1, -0.05) is 53.8 Å². The van der Waals surface area contributed by atoms with Crippen LogP contribution in [-0.4, -0.2) is 120 Å². The lowest BCUT2D eigenvalue weighted by Crippen LogP contribution is -2.47. The molecular formula is C48H57ClN8O6S. The lowest BCUT2D eigenvalue weighted by atomic mass is 9.72. The number of piperazine rings is 1. The number of allylic oxidation sites excluding steroid dienone is 1. The highest BCUT2D eigenvalue weighted by atomic mass is 35.5. The summed E-state index contributed by atoms with van der Waals surface area (Å²) in [6.07, 6.45) is 6.71. The van der Waals surface area contributed by atoms with Crippen LogP contribution in [0.25, 0.3) is 16.6 Å². The van der Waals surface area contributed by atoms with Gasteiger partial charge in [0, 0.05) is 105 Å². The summed E-state index contributed by atoms with van der Waals surface area (Å²) in [5.41, 5.74) is 6.28. The maximum absolute atomic E-state index is 14.3. The number of pyridine rings is 1. The molecule has 8 rings (SSSR count). The molecule has 3 aliphatic rings. The first kappa shape index (κ1) is 45.1. The first-order valence-electron chi connectivity index (χ1n) is 21.9. The van der Waals surface area contributed by atoms with Crippen LogP contribution in [0.3, 0.4) is 0 Å². The molecule has 2 aromatic heterocycles. The number of morpholine rings is 1. The standard InChI is InChI=1S/C48H57ClN8O6S/c1-5-64(39-28-42(57(60)61)45(43(58)29-39)53(4)16-17-54-22-24-62-25-23-54)52-47(59)40-11-10-37(27-44(40)63-38-26-34-13-15-50-46(34)51-31-38)56-20-18-55(19-21-56)32-35-12-14-48(2,3)30-41(35)33-6-8-36(49)9-7-33/h5-11,13,15,26-29,31,58H,12,14,16-25,30,32H2,1-4H3,(H,50,51)(H,52,59). The van der Waals surface area contributed by atoms with E-state index in [1.165, 1.54) is 28.8 Å². The number of benzene rings is 3. The Morgan fingerprint density at radius 3 is 2.56 bits per heavy atom. The summed E-state index contributed by atoms with van der Waals surface area (Å²) in [5, 5.41) is 27.1. The van der Waals surface area contributed by atoms with E-state index in [0.29, 0.717) is 42.7 Å². The van der Waals surface area contributed by atoms with Gasteiger partial charge in [0.1, 0.15) is 22.9 Å². The second-order valence-corrected chi connectivity index (χ2v) is 19.8. The van der Waals surface area contributed by atoms with Crippen LogP contribution < -0.4 is 19.3 Å². The fourth-order valence-corrected chi connectivity index (χ4v) is 10.3. The zero-order valence-electron chi connectivity index (χ0n) is 36.9. The van der Waals surface area contributed by atoms with Gasteiger partial charge in [-0.05, 0) is 90.6 Å². The topological polar surface area (TPSA) is 153 Å². The van der Waals surface area contributed by atoms with Crippen molar-refractivity contribution in [3.05, 3.63) is 111 Å². The molecule has 64 heavy (non-hydrogen) atoms. The maximum atomic E-state index is 14.3. The lowest BCUT2D eigenvalue weighted by molar-refractivity contribution is -0.384. The number of carbonyl (C=O) groups is 1. The molecule has 1 unspecified atom stereocenters. The predicted octanol–water partition coefficient (Wildman–Crippen LogP) is 8.97. The highest BCUT2D eigenvalue weighted by Gasteiger charge is 2.30. The number of phenolic OH excluding ortho intramolecular Hbond substituents is 1. The number of nitro benzene ring substituents is 1. The fourth-order valence-electron chi connectivity index (χ4n) is 8.85. The van der Waals surface area contributed by atoms with Crippen LogP contribution in [0.5, 0.6) is 17.2 Å². The van der Waals surface area contributed by atoms with E-state index in [1.807, 2.05) is 42.6 Å². The average molecular weight is 910 g/mol. The van der Waals surface area contributed by atoms with Crippen LogP contribution in [0.15, 0.2) is 89.6 Å². The van der Waals surface area contributed by atoms with E-state index >= 15 is 0 Å². The van der Waals surface area contributed by atoms with E-state index in [9.17, 15) is 20.0 Å². The van der Waals surface area contributed by atoms with Gasteiger partial charge in [-0.15, -0.1) is 0 Å². The van der Waals surface area contributed by atoms with Crippen molar-refractivity contribution in [2.45, 2.75) is 44.9 Å². The molecule has 3 N–H and O–H groups in total. The smallest absolute Gasteiger partial charge is 0.297 e. The minimum Gasteiger partial charge on any atom is -0.505 e. The number of aromatic amines is 1. The predicted molar refractivity (Wildman–Crippen MR) is 258 cm³/mol. The zero-order chi connectivity index (χ0) is 45.0. The number of amides is 1. The number of carbonyl (C=O) groups excluding carboxylic acids is 1. The van der Waals surface area contributed by atoms with E-state index in [0.717, 1.165) is 86.8 Å². The molecule has 3 aromatic carbocycles. The third-order valence-electron chi connectivity index (χ3n) is 12.5. The average Bonchev–Trinajstić information content (AvgIpc) is 3.76. The summed E-state index contributed by atoms with van der Waals surface area (Å²) in [6, 6.07) is 20.6. The monoisotopic (exact) mass is 908 g/mol. The van der Waals surface area contributed by atoms with Crippen LogP contribution in [0.2, 0.25) is 5.02 Å². The molecule has 2 fully saturated rings. The summed E-state index contributed by atoms with van der Waals surface area (Å²) < 4.78 is 15.0. The number of H-pyrrole nitrogens is 1. The van der Waals surface area contributed by atoms with Gasteiger partial charge < -0.3 is 29.4 Å². The molecule has 16 heteroatoms. The van der Waals surface area contributed by atoms with Crippen molar-refractivity contribution in [2.75, 3.05) is 89.0 Å². The van der Waals surface area contributed by atoms with E-state index in [-0.39, 0.29) is 28.1 Å². The van der Waals surface area contributed by atoms with Crippen molar-refractivity contribution in [1.82, 2.24) is 24.5 Å². The highest BCUT2D eigenvalue weighted by molar-refractivity contribution is 8.13. The number of fused-ring (bicyclic) bond motifs is 1. The van der Waals surface area contributed by atoms with Gasteiger partial charge in [0.15, 0.2) is 5.69 Å². The molecule has 1 atom stereocenters. The summed E-state index contributed by atoms with van der Waals surface area (Å²) in [6.45, 7) is 14.8. The van der Waals surface area contributed by atoms with Gasteiger partial charge in [-0.25, -0.2) is 4.98 Å². The van der Waals surface area contributed by atoms with Crippen molar-refractivity contribution in [2.24, 2.45) is 5.41 Å². The minimum absolute atomic E-state index is 0.130. The van der Waals surface area contributed by atoms with E-state index < -0.39 is 21.5 Å². The Labute approximate surface area is 382 Å².